The number of aromatic nitrogens is 2. The van der Waals surface area contributed by atoms with Crippen LogP contribution in [0.25, 0.3) is 33.9 Å². The quantitative estimate of drug-likeness (QED) is 0.409. The lowest BCUT2D eigenvalue weighted by atomic mass is 9.60. The Kier molecular flexibility index (Phi) is 4.20. The van der Waals surface area contributed by atoms with Crippen molar-refractivity contribution in [1.82, 2.24) is 9.55 Å². The first kappa shape index (κ1) is 20.4. The summed E-state index contributed by atoms with van der Waals surface area (Å²) in [4.78, 5) is 4.94. The molecule has 2 fully saturated rings. The lowest BCUT2D eigenvalue weighted by molar-refractivity contribution is -0.106. The SMILES string of the molecule is N[C@]1(c2ccc(-c3nc4n(c3-c3ccsc3)COc3cccc(F)c3-4)cc2)C[C@](O)(C2CC2)C1. The molecule has 2 saturated carbocycles. The van der Waals surface area contributed by atoms with Crippen molar-refractivity contribution in [1.29, 1.82) is 0 Å². The van der Waals surface area contributed by atoms with Crippen molar-refractivity contribution in [2.24, 2.45) is 11.7 Å². The van der Waals surface area contributed by atoms with Crippen LogP contribution in [0.3, 0.4) is 0 Å². The van der Waals surface area contributed by atoms with E-state index in [0.717, 1.165) is 40.9 Å². The van der Waals surface area contributed by atoms with Gasteiger partial charge in [0.25, 0.3) is 0 Å². The molecule has 7 heteroatoms. The Morgan fingerprint density at radius 2 is 1.88 bits per heavy atom. The van der Waals surface area contributed by atoms with Gasteiger partial charge in [0.1, 0.15) is 11.6 Å². The maximum absolute atomic E-state index is 14.8. The summed E-state index contributed by atoms with van der Waals surface area (Å²) in [6.45, 7) is 0.272. The van der Waals surface area contributed by atoms with Crippen LogP contribution in [-0.2, 0) is 12.3 Å². The number of nitrogens with two attached hydrogens (primary N) is 1. The minimum absolute atomic E-state index is 0.272. The van der Waals surface area contributed by atoms with Gasteiger partial charge >= 0.3 is 0 Å². The zero-order chi connectivity index (χ0) is 23.1. The Bertz CT molecular complexity index is 1400. The number of halogens is 1. The number of hydrogen-bond donors (Lipinski definition) is 2. The van der Waals surface area contributed by atoms with E-state index in [4.69, 9.17) is 15.5 Å². The van der Waals surface area contributed by atoms with Crippen LogP contribution in [0.5, 0.6) is 5.75 Å². The van der Waals surface area contributed by atoms with Crippen LogP contribution in [0.1, 0.15) is 31.2 Å². The number of hydrogen-bond acceptors (Lipinski definition) is 5. The van der Waals surface area contributed by atoms with Crippen molar-refractivity contribution in [3.8, 4) is 39.7 Å². The highest BCUT2D eigenvalue weighted by Gasteiger charge is 2.58. The van der Waals surface area contributed by atoms with Crippen LogP contribution in [0.4, 0.5) is 4.39 Å². The first-order valence-corrected chi connectivity index (χ1v) is 12.6. The molecule has 2 aromatic heterocycles. The summed E-state index contributed by atoms with van der Waals surface area (Å²) < 4.78 is 22.7. The third kappa shape index (κ3) is 2.94. The van der Waals surface area contributed by atoms with Crippen molar-refractivity contribution in [3.63, 3.8) is 0 Å². The Hall–Kier alpha value is -3.00. The van der Waals surface area contributed by atoms with E-state index in [1.165, 1.54) is 6.07 Å². The summed E-state index contributed by atoms with van der Waals surface area (Å²) in [5.41, 5.74) is 10.7. The summed E-state index contributed by atoms with van der Waals surface area (Å²) in [5.74, 6) is 1.15. The van der Waals surface area contributed by atoms with Crippen molar-refractivity contribution < 1.29 is 14.2 Å². The monoisotopic (exact) mass is 473 g/mol. The molecule has 3 heterocycles. The van der Waals surface area contributed by atoms with Crippen LogP contribution < -0.4 is 10.5 Å². The predicted octanol–water partition coefficient (Wildman–Crippen LogP) is 5.52. The Labute approximate surface area is 200 Å². The van der Waals surface area contributed by atoms with Crippen LogP contribution in [0, 0.1) is 11.7 Å². The fraction of sp³-hybridized carbons (Fsp3) is 0.296. The van der Waals surface area contributed by atoms with Gasteiger partial charge in [-0.05, 0) is 60.7 Å². The van der Waals surface area contributed by atoms with E-state index in [2.05, 4.69) is 5.38 Å². The molecule has 172 valence electrons. The molecule has 5 nitrogen and oxygen atoms in total. The molecule has 0 spiro atoms. The number of ether oxygens (including phenoxy) is 1. The average molecular weight is 474 g/mol. The topological polar surface area (TPSA) is 73.3 Å². The minimum Gasteiger partial charge on any atom is -0.472 e. The summed E-state index contributed by atoms with van der Waals surface area (Å²) in [5, 5.41) is 14.9. The van der Waals surface area contributed by atoms with Crippen LogP contribution in [-0.4, -0.2) is 20.3 Å². The molecule has 0 bridgehead atoms. The van der Waals surface area contributed by atoms with Crippen LogP contribution >= 0.6 is 11.3 Å². The van der Waals surface area contributed by atoms with Gasteiger partial charge in [0.2, 0.25) is 0 Å². The maximum Gasteiger partial charge on any atom is 0.167 e. The second kappa shape index (κ2) is 7.01. The Morgan fingerprint density at radius 3 is 2.59 bits per heavy atom. The normalized spacial score (nSPS) is 25.3. The zero-order valence-corrected chi connectivity index (χ0v) is 19.3. The van der Waals surface area contributed by atoms with E-state index < -0.39 is 11.1 Å². The summed E-state index contributed by atoms with van der Waals surface area (Å²) in [6, 6.07) is 15.1. The van der Waals surface area contributed by atoms with Crippen molar-refractivity contribution >= 4 is 11.3 Å². The molecular weight excluding hydrogens is 449 g/mol. The molecule has 2 aliphatic carbocycles. The molecule has 3 N–H and O–H groups in total. The highest BCUT2D eigenvalue weighted by atomic mass is 32.1. The number of fused-ring (bicyclic) bond motifs is 3. The molecule has 0 radical (unpaired) electrons. The van der Waals surface area contributed by atoms with Crippen molar-refractivity contribution in [3.05, 3.63) is 70.7 Å². The van der Waals surface area contributed by atoms with Crippen molar-refractivity contribution in [2.45, 2.75) is 43.6 Å². The molecule has 34 heavy (non-hydrogen) atoms. The zero-order valence-electron chi connectivity index (χ0n) is 18.5. The smallest absolute Gasteiger partial charge is 0.167 e. The molecule has 0 amide bonds. The second-order valence-corrected chi connectivity index (χ2v) is 10.7. The molecule has 2 aromatic carbocycles. The van der Waals surface area contributed by atoms with Gasteiger partial charge in [-0.15, -0.1) is 0 Å². The van der Waals surface area contributed by atoms with Crippen molar-refractivity contribution in [2.75, 3.05) is 0 Å². The van der Waals surface area contributed by atoms with E-state index in [0.29, 0.717) is 35.9 Å². The van der Waals surface area contributed by atoms with Gasteiger partial charge in [-0.1, -0.05) is 30.3 Å². The molecule has 0 atom stereocenters. The van der Waals surface area contributed by atoms with E-state index in [1.54, 1.807) is 23.5 Å². The maximum atomic E-state index is 14.8. The van der Waals surface area contributed by atoms with Gasteiger partial charge in [-0.3, -0.25) is 4.57 Å². The van der Waals surface area contributed by atoms with E-state index in [9.17, 15) is 9.50 Å². The van der Waals surface area contributed by atoms with Gasteiger partial charge in [0.05, 0.1) is 22.6 Å². The largest absolute Gasteiger partial charge is 0.472 e. The number of rotatable bonds is 4. The first-order valence-electron chi connectivity index (χ1n) is 11.6. The van der Waals surface area contributed by atoms with Gasteiger partial charge in [-0.25, -0.2) is 9.37 Å². The fourth-order valence-corrected chi connectivity index (χ4v) is 6.39. The van der Waals surface area contributed by atoms with E-state index in [1.807, 2.05) is 40.3 Å². The molecular formula is C27H24FN3O2S. The third-order valence-electron chi connectivity index (χ3n) is 7.62. The van der Waals surface area contributed by atoms with E-state index >= 15 is 0 Å². The fourth-order valence-electron chi connectivity index (χ4n) is 5.75. The number of imidazole rings is 1. The van der Waals surface area contributed by atoms with Gasteiger partial charge in [-0.2, -0.15) is 11.3 Å². The number of nitrogens with zero attached hydrogens (tertiary/aromatic N) is 2. The molecule has 0 unspecified atom stereocenters. The molecule has 4 aromatic rings. The standard InChI is InChI=1S/C27H24FN3O2S/c28-20-2-1-3-21-22(20)25-30-23(24(31(25)15-33-21)17-10-11-34-12-17)16-4-6-18(7-5-16)26(29)13-27(32,14-26)19-8-9-19/h1-7,10-12,19,32H,8-9,13-15,29H2/t26-,27-. The van der Waals surface area contributed by atoms with E-state index in [-0.39, 0.29) is 12.5 Å². The van der Waals surface area contributed by atoms with Gasteiger partial charge in [0, 0.05) is 22.0 Å². The highest BCUT2D eigenvalue weighted by molar-refractivity contribution is 7.08. The number of aliphatic hydroxyl groups is 1. The van der Waals surface area contributed by atoms with Crippen LogP contribution in [0.15, 0.2) is 59.3 Å². The minimum atomic E-state index is -0.597. The summed E-state index contributed by atoms with van der Waals surface area (Å²) in [6.07, 6.45) is 3.43. The lowest BCUT2D eigenvalue weighted by Gasteiger charge is -2.52. The third-order valence-corrected chi connectivity index (χ3v) is 8.31. The summed E-state index contributed by atoms with van der Waals surface area (Å²) >= 11 is 1.61. The van der Waals surface area contributed by atoms with Gasteiger partial charge < -0.3 is 15.6 Å². The molecule has 7 rings (SSSR count). The predicted molar refractivity (Wildman–Crippen MR) is 130 cm³/mol. The molecule has 1 aliphatic heterocycles. The first-order chi connectivity index (χ1) is 16.5. The number of benzene rings is 2. The Balaban J connectivity index is 1.31. The Morgan fingerprint density at radius 1 is 1.09 bits per heavy atom. The summed E-state index contributed by atoms with van der Waals surface area (Å²) in [7, 11) is 0. The average Bonchev–Trinajstić information content (AvgIpc) is 3.41. The number of thiophene rings is 1. The molecule has 0 saturated heterocycles. The van der Waals surface area contributed by atoms with Crippen LogP contribution in [0.2, 0.25) is 0 Å². The second-order valence-electron chi connectivity index (χ2n) is 9.92. The lowest BCUT2D eigenvalue weighted by Crippen LogP contribution is -2.60. The van der Waals surface area contributed by atoms with Gasteiger partial charge in [0.15, 0.2) is 12.6 Å². The highest BCUT2D eigenvalue weighted by Crippen LogP contribution is 2.57. The molecule has 3 aliphatic rings.